The Labute approximate surface area is 75.3 Å². The summed E-state index contributed by atoms with van der Waals surface area (Å²) in [5.41, 5.74) is 0. The molecule has 0 N–H and O–H groups in total. The zero-order valence-electron chi connectivity index (χ0n) is 8.12. The normalized spacial score (nSPS) is 22.6. The zero-order valence-corrected chi connectivity index (χ0v) is 8.93. The van der Waals surface area contributed by atoms with Gasteiger partial charge in [0, 0.05) is 22.2 Å². The number of rotatable bonds is 1. The van der Waals surface area contributed by atoms with E-state index >= 15 is 0 Å². The Hall–Kier alpha value is -0.0900. The molecule has 1 rings (SSSR count). The lowest BCUT2D eigenvalue weighted by molar-refractivity contribution is 0.258. The maximum Gasteiger partial charge on any atom is 0.0618 e. The van der Waals surface area contributed by atoms with Crippen LogP contribution in [-0.4, -0.2) is 47.8 Å². The Bertz CT molecular complexity index is 240. The van der Waals surface area contributed by atoms with Crippen molar-refractivity contribution in [3.8, 4) is 0 Å². The quantitative estimate of drug-likeness (QED) is 0.613. The molecule has 0 bridgehead atoms. The van der Waals surface area contributed by atoms with Crippen LogP contribution in [-0.2, 0) is 9.73 Å². The second-order valence-corrected chi connectivity index (χ2v) is 6.39. The summed E-state index contributed by atoms with van der Waals surface area (Å²) in [5, 5.41) is 0. The lowest BCUT2D eigenvalue weighted by atomic mass is 10.1. The maximum absolute atomic E-state index is 11.4. The van der Waals surface area contributed by atoms with Crippen LogP contribution in [0.1, 0.15) is 12.8 Å². The molecule has 0 unspecified atom stereocenters. The van der Waals surface area contributed by atoms with Gasteiger partial charge in [0.15, 0.2) is 0 Å². The molecule has 1 aliphatic heterocycles. The van der Waals surface area contributed by atoms with E-state index in [1.54, 1.807) is 12.5 Å². The van der Waals surface area contributed by atoms with Gasteiger partial charge in [-0.1, -0.05) is 0 Å². The van der Waals surface area contributed by atoms with Gasteiger partial charge in [0.1, 0.15) is 0 Å². The van der Waals surface area contributed by atoms with Crippen molar-refractivity contribution in [1.29, 1.82) is 0 Å². The highest BCUT2D eigenvalue weighted by Crippen LogP contribution is 2.12. The Kier molecular flexibility index (Phi) is 3.12. The average Bonchev–Trinajstić information content (AvgIpc) is 1.91. The fraction of sp³-hybridized carbons (Fsp3) is 1.00. The number of nitrogens with zero attached hydrogens (tertiary/aromatic N) is 2. The SMILES string of the molecule is CN1CCC(N=S(C)(C)=O)CC1. The van der Waals surface area contributed by atoms with Gasteiger partial charge in [-0.3, -0.25) is 4.21 Å². The van der Waals surface area contributed by atoms with Gasteiger partial charge in [-0.25, -0.2) is 4.36 Å². The smallest absolute Gasteiger partial charge is 0.0618 e. The van der Waals surface area contributed by atoms with Crippen LogP contribution >= 0.6 is 0 Å². The number of hydrogen-bond acceptors (Lipinski definition) is 3. The molecule has 1 aliphatic rings. The van der Waals surface area contributed by atoms with E-state index in [1.807, 2.05) is 0 Å². The molecule has 1 heterocycles. The molecule has 0 amide bonds. The van der Waals surface area contributed by atoms with Gasteiger partial charge in [-0.15, -0.1) is 0 Å². The van der Waals surface area contributed by atoms with Gasteiger partial charge in [0.2, 0.25) is 0 Å². The minimum Gasteiger partial charge on any atom is -0.306 e. The van der Waals surface area contributed by atoms with Gasteiger partial charge < -0.3 is 4.90 Å². The van der Waals surface area contributed by atoms with Gasteiger partial charge in [0.25, 0.3) is 0 Å². The van der Waals surface area contributed by atoms with Crippen LogP contribution in [0, 0.1) is 0 Å². The van der Waals surface area contributed by atoms with Gasteiger partial charge >= 0.3 is 0 Å². The minimum atomic E-state index is -1.88. The molecule has 3 nitrogen and oxygen atoms in total. The van der Waals surface area contributed by atoms with Crippen LogP contribution in [0.5, 0.6) is 0 Å². The van der Waals surface area contributed by atoms with E-state index in [2.05, 4.69) is 16.3 Å². The van der Waals surface area contributed by atoms with E-state index in [0.717, 1.165) is 25.9 Å². The molecule has 0 radical (unpaired) electrons. The monoisotopic (exact) mass is 190 g/mol. The molecule has 0 aliphatic carbocycles. The van der Waals surface area contributed by atoms with Crippen LogP contribution in [0.3, 0.4) is 0 Å². The molecule has 0 aromatic carbocycles. The zero-order chi connectivity index (χ0) is 9.19. The Morgan fingerprint density at radius 1 is 1.33 bits per heavy atom. The molecule has 12 heavy (non-hydrogen) atoms. The topological polar surface area (TPSA) is 32.7 Å². The van der Waals surface area contributed by atoms with Gasteiger partial charge in [-0.2, -0.15) is 0 Å². The Morgan fingerprint density at radius 2 is 1.83 bits per heavy atom. The van der Waals surface area contributed by atoms with Crippen molar-refractivity contribution in [2.45, 2.75) is 18.9 Å². The second-order valence-electron chi connectivity index (χ2n) is 3.82. The Morgan fingerprint density at radius 3 is 2.25 bits per heavy atom. The van der Waals surface area contributed by atoms with Crippen LogP contribution in [0.2, 0.25) is 0 Å². The fourth-order valence-corrected chi connectivity index (χ4v) is 2.39. The first kappa shape index (κ1) is 9.99. The highest BCUT2D eigenvalue weighted by molar-refractivity contribution is 7.92. The van der Waals surface area contributed by atoms with E-state index in [9.17, 15) is 4.21 Å². The van der Waals surface area contributed by atoms with E-state index in [-0.39, 0.29) is 0 Å². The second kappa shape index (κ2) is 3.75. The predicted octanol–water partition coefficient (Wildman–Crippen LogP) is 0.808. The molecule has 4 heteroatoms. The summed E-state index contributed by atoms with van der Waals surface area (Å²) in [7, 11) is 0.232. The van der Waals surface area contributed by atoms with Crippen molar-refractivity contribution < 1.29 is 4.21 Å². The number of piperidine rings is 1. The third kappa shape index (κ3) is 3.54. The lowest BCUT2D eigenvalue weighted by Crippen LogP contribution is -2.32. The van der Waals surface area contributed by atoms with E-state index in [4.69, 9.17) is 0 Å². The molecule has 1 fully saturated rings. The fourth-order valence-electron chi connectivity index (χ4n) is 1.46. The predicted molar refractivity (Wildman–Crippen MR) is 52.9 cm³/mol. The summed E-state index contributed by atoms with van der Waals surface area (Å²) in [4.78, 5) is 2.29. The van der Waals surface area contributed by atoms with Crippen molar-refractivity contribution in [1.82, 2.24) is 4.90 Å². The first-order chi connectivity index (χ1) is 5.47. The molecule has 1 saturated heterocycles. The van der Waals surface area contributed by atoms with E-state index in [1.165, 1.54) is 0 Å². The summed E-state index contributed by atoms with van der Waals surface area (Å²) in [6, 6.07) is 0.337. The van der Waals surface area contributed by atoms with Crippen molar-refractivity contribution >= 4 is 9.73 Å². The van der Waals surface area contributed by atoms with Crippen LogP contribution in [0.4, 0.5) is 0 Å². The standard InChI is InChI=1S/C8H18N2OS/c1-10-6-4-8(5-7-10)9-12(2,3)11/h8H,4-7H2,1-3H3. The first-order valence-electron chi connectivity index (χ1n) is 4.32. The van der Waals surface area contributed by atoms with Crippen LogP contribution < -0.4 is 0 Å². The number of hydrogen-bond donors (Lipinski definition) is 0. The van der Waals surface area contributed by atoms with Crippen molar-refractivity contribution in [2.75, 3.05) is 32.6 Å². The van der Waals surface area contributed by atoms with Crippen molar-refractivity contribution in [2.24, 2.45) is 4.36 Å². The highest BCUT2D eigenvalue weighted by atomic mass is 32.2. The summed E-state index contributed by atoms with van der Waals surface area (Å²) in [6.07, 6.45) is 5.56. The molecule has 0 aromatic heterocycles. The maximum atomic E-state index is 11.4. The molecule has 0 aromatic rings. The summed E-state index contributed by atoms with van der Waals surface area (Å²) >= 11 is 0. The van der Waals surface area contributed by atoms with E-state index in [0.29, 0.717) is 6.04 Å². The molecule has 0 saturated carbocycles. The van der Waals surface area contributed by atoms with Crippen molar-refractivity contribution in [3.05, 3.63) is 0 Å². The van der Waals surface area contributed by atoms with E-state index < -0.39 is 9.73 Å². The first-order valence-corrected chi connectivity index (χ1v) is 6.65. The van der Waals surface area contributed by atoms with Crippen LogP contribution in [0.15, 0.2) is 4.36 Å². The Balaban J connectivity index is 2.52. The van der Waals surface area contributed by atoms with Gasteiger partial charge in [0.05, 0.1) is 6.04 Å². The number of likely N-dealkylation sites (tertiary alicyclic amines) is 1. The molecular formula is C8H18N2OS. The highest BCUT2D eigenvalue weighted by Gasteiger charge is 2.15. The summed E-state index contributed by atoms with van der Waals surface area (Å²) in [5.74, 6) is 0. The van der Waals surface area contributed by atoms with Gasteiger partial charge in [-0.05, 0) is 33.0 Å². The molecular weight excluding hydrogens is 172 g/mol. The largest absolute Gasteiger partial charge is 0.306 e. The van der Waals surface area contributed by atoms with Crippen molar-refractivity contribution in [3.63, 3.8) is 0 Å². The molecule has 0 spiro atoms. The molecule has 72 valence electrons. The third-order valence-corrected chi connectivity index (χ3v) is 2.90. The summed E-state index contributed by atoms with van der Waals surface area (Å²) in [6.45, 7) is 2.17. The lowest BCUT2D eigenvalue weighted by Gasteiger charge is -2.26. The third-order valence-electron chi connectivity index (χ3n) is 2.09. The summed E-state index contributed by atoms with van der Waals surface area (Å²) < 4.78 is 15.7. The molecule has 0 atom stereocenters. The average molecular weight is 190 g/mol. The minimum absolute atomic E-state index is 0.337. The van der Waals surface area contributed by atoms with Crippen LogP contribution in [0.25, 0.3) is 0 Å².